The summed E-state index contributed by atoms with van der Waals surface area (Å²) in [6.45, 7) is 6.04. The summed E-state index contributed by atoms with van der Waals surface area (Å²) >= 11 is 0. The van der Waals surface area contributed by atoms with E-state index in [4.69, 9.17) is 0 Å². The molecule has 1 aliphatic heterocycles. The van der Waals surface area contributed by atoms with Crippen LogP contribution in [0.2, 0.25) is 0 Å². The third kappa shape index (κ3) is 3.86. The van der Waals surface area contributed by atoms with E-state index in [1.54, 1.807) is 9.80 Å². The third-order valence-electron chi connectivity index (χ3n) is 6.22. The summed E-state index contributed by atoms with van der Waals surface area (Å²) in [5.41, 5.74) is 6.57. The van der Waals surface area contributed by atoms with Gasteiger partial charge in [0.05, 0.1) is 0 Å². The third-order valence-corrected chi connectivity index (χ3v) is 6.22. The number of hydrogen-bond acceptors (Lipinski definition) is 3. The van der Waals surface area contributed by atoms with Crippen LogP contribution in [0.5, 0.6) is 0 Å². The lowest BCUT2D eigenvalue weighted by atomic mass is 9.97. The van der Waals surface area contributed by atoms with Gasteiger partial charge in [0.25, 0.3) is 5.91 Å². The molecule has 0 radical (unpaired) electrons. The molecule has 32 heavy (non-hydrogen) atoms. The summed E-state index contributed by atoms with van der Waals surface area (Å²) in [4.78, 5) is 32.7. The minimum Gasteiger partial charge on any atom is -0.378 e. The van der Waals surface area contributed by atoms with Gasteiger partial charge in [-0.05, 0) is 67.8 Å². The molecule has 0 saturated carbocycles. The second kappa shape index (κ2) is 8.50. The van der Waals surface area contributed by atoms with Crippen LogP contribution in [0.25, 0.3) is 0 Å². The Hall–Kier alpha value is -3.60. The first-order chi connectivity index (χ1) is 15.3. The number of rotatable bonds is 4. The molecule has 0 N–H and O–H groups in total. The summed E-state index contributed by atoms with van der Waals surface area (Å²) in [6, 6.07) is 20.8. The molecular weight excluding hydrogens is 398 g/mol. The average molecular weight is 428 g/mol. The van der Waals surface area contributed by atoms with Gasteiger partial charge >= 0.3 is 0 Å². The molecule has 4 rings (SSSR count). The topological polar surface area (TPSA) is 43.9 Å². The Balaban J connectivity index is 1.83. The molecule has 1 aliphatic rings. The van der Waals surface area contributed by atoms with Gasteiger partial charge in [-0.1, -0.05) is 42.0 Å². The molecular formula is C27H29N3O2. The standard InChI is InChI=1S/C27H29N3O2/c1-18-9-13-23(14-10-18)30-25(31)17-29(24-8-6-7-19(2)20(24)3)27(32)26(30)21-11-15-22(16-12-21)28(4)5/h6-16,26H,17H2,1-5H3. The zero-order chi connectivity index (χ0) is 23.0. The van der Waals surface area contributed by atoms with Gasteiger partial charge in [0, 0.05) is 31.2 Å². The van der Waals surface area contributed by atoms with E-state index in [2.05, 4.69) is 0 Å². The Labute approximate surface area is 189 Å². The molecule has 1 atom stereocenters. The molecule has 5 heteroatoms. The molecule has 3 aromatic carbocycles. The van der Waals surface area contributed by atoms with Crippen molar-refractivity contribution in [3.8, 4) is 0 Å². The van der Waals surface area contributed by atoms with E-state index in [1.807, 2.05) is 106 Å². The smallest absolute Gasteiger partial charge is 0.255 e. The van der Waals surface area contributed by atoms with Gasteiger partial charge in [-0.15, -0.1) is 0 Å². The largest absolute Gasteiger partial charge is 0.378 e. The number of hydrogen-bond donors (Lipinski definition) is 0. The molecule has 1 unspecified atom stereocenters. The normalized spacial score (nSPS) is 16.5. The first-order valence-corrected chi connectivity index (χ1v) is 10.8. The van der Waals surface area contributed by atoms with Crippen LogP contribution in [-0.4, -0.2) is 32.5 Å². The predicted octanol–water partition coefficient (Wildman–Crippen LogP) is 4.80. The molecule has 0 aromatic heterocycles. The van der Waals surface area contributed by atoms with Gasteiger partial charge in [-0.2, -0.15) is 0 Å². The maximum Gasteiger partial charge on any atom is 0.255 e. The number of carbonyl (C=O) groups excluding carboxylic acids is 2. The van der Waals surface area contributed by atoms with Crippen molar-refractivity contribution in [1.82, 2.24) is 0 Å². The van der Waals surface area contributed by atoms with E-state index in [-0.39, 0.29) is 18.4 Å². The van der Waals surface area contributed by atoms with Crippen molar-refractivity contribution in [2.75, 3.05) is 35.3 Å². The van der Waals surface area contributed by atoms with Crippen molar-refractivity contribution in [3.63, 3.8) is 0 Å². The van der Waals surface area contributed by atoms with Crippen LogP contribution in [0.4, 0.5) is 17.1 Å². The van der Waals surface area contributed by atoms with E-state index in [0.717, 1.165) is 39.3 Å². The van der Waals surface area contributed by atoms with Crippen molar-refractivity contribution in [2.45, 2.75) is 26.8 Å². The number of carbonyl (C=O) groups is 2. The molecule has 3 aromatic rings. The van der Waals surface area contributed by atoms with E-state index in [1.165, 1.54) is 0 Å². The fraction of sp³-hybridized carbons (Fsp3) is 0.259. The number of benzene rings is 3. The van der Waals surface area contributed by atoms with E-state index in [9.17, 15) is 9.59 Å². The first kappa shape index (κ1) is 21.6. The summed E-state index contributed by atoms with van der Waals surface area (Å²) in [5, 5.41) is 0. The monoisotopic (exact) mass is 427 g/mol. The average Bonchev–Trinajstić information content (AvgIpc) is 2.78. The second-order valence-electron chi connectivity index (χ2n) is 8.63. The summed E-state index contributed by atoms with van der Waals surface area (Å²) in [6.07, 6.45) is 0. The van der Waals surface area contributed by atoms with Crippen molar-refractivity contribution in [1.29, 1.82) is 0 Å². The highest BCUT2D eigenvalue weighted by atomic mass is 16.2. The summed E-state index contributed by atoms with van der Waals surface area (Å²) in [5.74, 6) is -0.201. The number of aryl methyl sites for hydroxylation is 2. The van der Waals surface area contributed by atoms with Crippen LogP contribution in [0, 0.1) is 20.8 Å². The molecule has 1 fully saturated rings. The molecule has 0 spiro atoms. The summed E-state index contributed by atoms with van der Waals surface area (Å²) in [7, 11) is 3.95. The Morgan fingerprint density at radius 2 is 1.50 bits per heavy atom. The number of amides is 2. The Kier molecular flexibility index (Phi) is 5.74. The maximum atomic E-state index is 13.9. The van der Waals surface area contributed by atoms with Crippen LogP contribution < -0.4 is 14.7 Å². The van der Waals surface area contributed by atoms with Crippen LogP contribution in [-0.2, 0) is 9.59 Å². The molecule has 1 heterocycles. The van der Waals surface area contributed by atoms with Gasteiger partial charge in [0.15, 0.2) is 0 Å². The van der Waals surface area contributed by atoms with Crippen LogP contribution in [0.3, 0.4) is 0 Å². The van der Waals surface area contributed by atoms with Crippen molar-refractivity contribution in [2.24, 2.45) is 0 Å². The predicted molar refractivity (Wildman–Crippen MR) is 130 cm³/mol. The van der Waals surface area contributed by atoms with Crippen molar-refractivity contribution in [3.05, 3.63) is 89.0 Å². The van der Waals surface area contributed by atoms with Gasteiger partial charge in [-0.3, -0.25) is 14.5 Å². The number of nitrogens with zero attached hydrogens (tertiary/aromatic N) is 3. The number of piperazine rings is 1. The molecule has 1 saturated heterocycles. The lowest BCUT2D eigenvalue weighted by Gasteiger charge is -2.41. The number of anilines is 3. The molecule has 164 valence electrons. The Morgan fingerprint density at radius 1 is 0.844 bits per heavy atom. The van der Waals surface area contributed by atoms with Gasteiger partial charge in [0.2, 0.25) is 5.91 Å². The highest BCUT2D eigenvalue weighted by Gasteiger charge is 2.42. The minimum absolute atomic E-state index is 0.0171. The molecule has 5 nitrogen and oxygen atoms in total. The SMILES string of the molecule is Cc1ccc(N2C(=O)CN(c3cccc(C)c3C)C(=O)C2c2ccc(N(C)C)cc2)cc1. The maximum absolute atomic E-state index is 13.9. The Morgan fingerprint density at radius 3 is 2.12 bits per heavy atom. The van der Waals surface area contributed by atoms with Crippen LogP contribution >= 0.6 is 0 Å². The van der Waals surface area contributed by atoms with Gasteiger partial charge in [-0.25, -0.2) is 0 Å². The molecule has 0 aliphatic carbocycles. The van der Waals surface area contributed by atoms with E-state index in [0.29, 0.717) is 0 Å². The zero-order valence-corrected chi connectivity index (χ0v) is 19.3. The highest BCUT2D eigenvalue weighted by Crippen LogP contribution is 2.36. The van der Waals surface area contributed by atoms with Gasteiger partial charge in [0.1, 0.15) is 12.6 Å². The lowest BCUT2D eigenvalue weighted by Crippen LogP contribution is -2.56. The summed E-state index contributed by atoms with van der Waals surface area (Å²) < 4.78 is 0. The fourth-order valence-corrected chi connectivity index (χ4v) is 4.17. The fourth-order valence-electron chi connectivity index (χ4n) is 4.17. The highest BCUT2D eigenvalue weighted by molar-refractivity contribution is 6.14. The zero-order valence-electron chi connectivity index (χ0n) is 19.3. The van der Waals surface area contributed by atoms with E-state index < -0.39 is 6.04 Å². The van der Waals surface area contributed by atoms with Crippen molar-refractivity contribution < 1.29 is 9.59 Å². The first-order valence-electron chi connectivity index (χ1n) is 10.8. The Bertz CT molecular complexity index is 1150. The molecule has 2 amide bonds. The van der Waals surface area contributed by atoms with Crippen LogP contribution in [0.1, 0.15) is 28.3 Å². The van der Waals surface area contributed by atoms with E-state index >= 15 is 0 Å². The quantitative estimate of drug-likeness (QED) is 0.601. The van der Waals surface area contributed by atoms with Crippen LogP contribution in [0.15, 0.2) is 66.7 Å². The molecule has 0 bridgehead atoms. The van der Waals surface area contributed by atoms with Gasteiger partial charge < -0.3 is 9.80 Å². The lowest BCUT2D eigenvalue weighted by molar-refractivity contribution is -0.128. The second-order valence-corrected chi connectivity index (χ2v) is 8.63. The minimum atomic E-state index is -0.727. The van der Waals surface area contributed by atoms with Crippen molar-refractivity contribution >= 4 is 28.9 Å².